The van der Waals surface area contributed by atoms with Crippen molar-refractivity contribution in [1.29, 1.82) is 0 Å². The van der Waals surface area contributed by atoms with Gasteiger partial charge in [-0.1, -0.05) is 5.16 Å². The zero-order chi connectivity index (χ0) is 13.1. The molecule has 0 saturated heterocycles. The molecule has 0 fully saturated rings. The fourth-order valence-corrected chi connectivity index (χ4v) is 1.34. The Morgan fingerprint density at radius 3 is 2.83 bits per heavy atom. The second kappa shape index (κ2) is 5.09. The molecule has 2 rings (SSSR count). The maximum Gasteiger partial charge on any atom is 0.261 e. The second-order valence-electron chi connectivity index (χ2n) is 3.51. The van der Waals surface area contributed by atoms with Gasteiger partial charge in [0, 0.05) is 12.7 Å². The van der Waals surface area contributed by atoms with Crippen molar-refractivity contribution in [2.75, 3.05) is 12.3 Å². The van der Waals surface area contributed by atoms with Crippen molar-refractivity contribution in [2.45, 2.75) is 13.5 Å². The first kappa shape index (κ1) is 12.4. The van der Waals surface area contributed by atoms with E-state index in [4.69, 9.17) is 15.0 Å². The highest BCUT2D eigenvalue weighted by molar-refractivity contribution is 5.61. The molecule has 5 nitrogen and oxygen atoms in total. The van der Waals surface area contributed by atoms with E-state index < -0.39 is 11.6 Å². The topological polar surface area (TPSA) is 74.2 Å². The van der Waals surface area contributed by atoms with Crippen molar-refractivity contribution in [3.63, 3.8) is 0 Å². The first-order valence-corrected chi connectivity index (χ1v) is 5.27. The zero-order valence-corrected chi connectivity index (χ0v) is 9.61. The van der Waals surface area contributed by atoms with Gasteiger partial charge in [0.1, 0.15) is 18.2 Å². The number of halogens is 2. The summed E-state index contributed by atoms with van der Waals surface area (Å²) in [5.74, 6) is -1.42. The number of nitrogens with zero attached hydrogens (tertiary/aromatic N) is 2. The van der Waals surface area contributed by atoms with Crippen LogP contribution in [0.4, 0.5) is 14.5 Å². The summed E-state index contributed by atoms with van der Waals surface area (Å²) in [5, 5.41) is 3.61. The second-order valence-corrected chi connectivity index (χ2v) is 3.51. The molecule has 1 heterocycles. The highest BCUT2D eigenvalue weighted by Crippen LogP contribution is 2.25. The molecule has 0 amide bonds. The number of benzene rings is 1. The van der Waals surface area contributed by atoms with Gasteiger partial charge in [0.05, 0.1) is 11.3 Å². The van der Waals surface area contributed by atoms with Gasteiger partial charge in [-0.2, -0.15) is 4.98 Å². The maximum absolute atomic E-state index is 13.5. The van der Waals surface area contributed by atoms with E-state index in [-0.39, 0.29) is 29.6 Å². The predicted molar refractivity (Wildman–Crippen MR) is 59.4 cm³/mol. The first-order chi connectivity index (χ1) is 8.61. The lowest BCUT2D eigenvalue weighted by molar-refractivity contribution is 0.126. The molecule has 96 valence electrons. The molecule has 7 heteroatoms. The Morgan fingerprint density at radius 2 is 2.11 bits per heavy atom. The summed E-state index contributed by atoms with van der Waals surface area (Å²) in [6, 6.07) is 1.79. The van der Waals surface area contributed by atoms with Crippen molar-refractivity contribution in [3.8, 4) is 11.5 Å². The van der Waals surface area contributed by atoms with Crippen LogP contribution in [0.3, 0.4) is 0 Å². The van der Waals surface area contributed by atoms with Gasteiger partial charge in [0.2, 0.25) is 0 Å². The Hall–Kier alpha value is -2.02. The first-order valence-electron chi connectivity index (χ1n) is 5.27. The summed E-state index contributed by atoms with van der Waals surface area (Å²) in [6.45, 7) is 2.49. The molecule has 2 N–H and O–H groups in total. The molecule has 0 radical (unpaired) electrons. The number of hydrogen-bond donors (Lipinski definition) is 1. The molecule has 0 aliphatic rings. The van der Waals surface area contributed by atoms with Gasteiger partial charge in [-0.3, -0.25) is 0 Å². The van der Waals surface area contributed by atoms with Crippen molar-refractivity contribution in [1.82, 2.24) is 10.1 Å². The van der Waals surface area contributed by atoms with E-state index in [2.05, 4.69) is 10.1 Å². The zero-order valence-electron chi connectivity index (χ0n) is 9.61. The minimum atomic E-state index is -0.828. The Balaban J connectivity index is 2.31. The van der Waals surface area contributed by atoms with Gasteiger partial charge in [-0.05, 0) is 13.0 Å². The monoisotopic (exact) mass is 255 g/mol. The average Bonchev–Trinajstić information content (AvgIpc) is 2.79. The van der Waals surface area contributed by atoms with Gasteiger partial charge in [-0.25, -0.2) is 8.78 Å². The van der Waals surface area contributed by atoms with Crippen LogP contribution < -0.4 is 5.73 Å². The largest absolute Gasteiger partial charge is 0.396 e. The third-order valence-electron chi connectivity index (χ3n) is 2.22. The predicted octanol–water partition coefficient (Wildman–Crippen LogP) is 2.13. The van der Waals surface area contributed by atoms with Crippen LogP contribution in [0, 0.1) is 11.6 Å². The van der Waals surface area contributed by atoms with E-state index in [0.29, 0.717) is 12.7 Å². The van der Waals surface area contributed by atoms with E-state index in [1.54, 1.807) is 0 Å². The van der Waals surface area contributed by atoms with Crippen LogP contribution in [0.5, 0.6) is 0 Å². The Labute approximate surface area is 102 Å². The number of nitrogens with two attached hydrogens (primary N) is 1. The van der Waals surface area contributed by atoms with Gasteiger partial charge in [0.15, 0.2) is 5.82 Å². The molecule has 2 aromatic rings. The highest BCUT2D eigenvalue weighted by Gasteiger charge is 2.16. The number of anilines is 1. The standard InChI is InChI=1S/C11H11F2N3O2/c1-2-17-5-10-15-11(18-16-10)6-3-9(14)8(13)4-7(6)12/h3-4H,2,5,14H2,1H3. The minimum Gasteiger partial charge on any atom is -0.396 e. The van der Waals surface area contributed by atoms with Crippen LogP contribution in [0.2, 0.25) is 0 Å². The average molecular weight is 255 g/mol. The molecular weight excluding hydrogens is 244 g/mol. The van der Waals surface area contributed by atoms with Crippen LogP contribution in [-0.4, -0.2) is 16.7 Å². The smallest absolute Gasteiger partial charge is 0.261 e. The number of hydrogen-bond acceptors (Lipinski definition) is 5. The van der Waals surface area contributed by atoms with Crippen LogP contribution in [0.1, 0.15) is 12.7 Å². The molecular formula is C11H11F2N3O2. The summed E-state index contributed by atoms with van der Waals surface area (Å²) in [5.41, 5.74) is 5.14. The van der Waals surface area contributed by atoms with Crippen molar-refractivity contribution in [2.24, 2.45) is 0 Å². The third kappa shape index (κ3) is 2.45. The molecule has 18 heavy (non-hydrogen) atoms. The van der Waals surface area contributed by atoms with Crippen molar-refractivity contribution >= 4 is 5.69 Å². The lowest BCUT2D eigenvalue weighted by Gasteiger charge is -2.00. The number of ether oxygens (including phenoxy) is 1. The van der Waals surface area contributed by atoms with Gasteiger partial charge >= 0.3 is 0 Å². The number of rotatable bonds is 4. The van der Waals surface area contributed by atoms with Crippen LogP contribution in [0.25, 0.3) is 11.5 Å². The molecule has 0 saturated carbocycles. The Bertz CT molecular complexity index is 557. The lowest BCUT2D eigenvalue weighted by atomic mass is 10.2. The fraction of sp³-hybridized carbons (Fsp3) is 0.273. The minimum absolute atomic E-state index is 0.0378. The molecule has 0 spiro atoms. The van der Waals surface area contributed by atoms with Crippen LogP contribution >= 0.6 is 0 Å². The van der Waals surface area contributed by atoms with Crippen LogP contribution in [0.15, 0.2) is 16.7 Å². The number of nitrogen functional groups attached to an aromatic ring is 1. The molecule has 1 aromatic heterocycles. The molecule has 1 aromatic carbocycles. The number of aromatic nitrogens is 2. The normalized spacial score (nSPS) is 10.8. The Morgan fingerprint density at radius 1 is 1.33 bits per heavy atom. The van der Waals surface area contributed by atoms with Crippen molar-refractivity contribution < 1.29 is 18.0 Å². The quantitative estimate of drug-likeness (QED) is 0.847. The van der Waals surface area contributed by atoms with E-state index in [1.165, 1.54) is 0 Å². The van der Waals surface area contributed by atoms with E-state index in [9.17, 15) is 8.78 Å². The van der Waals surface area contributed by atoms with E-state index in [1.807, 2.05) is 6.92 Å². The van der Waals surface area contributed by atoms with E-state index >= 15 is 0 Å². The van der Waals surface area contributed by atoms with Gasteiger partial charge < -0.3 is 15.0 Å². The molecule has 0 aliphatic heterocycles. The molecule has 0 unspecified atom stereocenters. The summed E-state index contributed by atoms with van der Waals surface area (Å²) in [6.07, 6.45) is 0. The maximum atomic E-state index is 13.5. The summed E-state index contributed by atoms with van der Waals surface area (Å²) in [4.78, 5) is 3.93. The fourth-order valence-electron chi connectivity index (χ4n) is 1.34. The van der Waals surface area contributed by atoms with E-state index in [0.717, 1.165) is 6.07 Å². The summed E-state index contributed by atoms with van der Waals surface area (Å²) < 4.78 is 36.5. The van der Waals surface area contributed by atoms with Gasteiger partial charge in [-0.15, -0.1) is 0 Å². The lowest BCUT2D eigenvalue weighted by Crippen LogP contribution is -1.96. The molecule has 0 aliphatic carbocycles. The van der Waals surface area contributed by atoms with Gasteiger partial charge in [0.25, 0.3) is 5.89 Å². The summed E-state index contributed by atoms with van der Waals surface area (Å²) in [7, 11) is 0. The third-order valence-corrected chi connectivity index (χ3v) is 2.22. The molecule has 0 bridgehead atoms. The van der Waals surface area contributed by atoms with Crippen molar-refractivity contribution in [3.05, 3.63) is 29.6 Å². The SMILES string of the molecule is CCOCc1noc(-c2cc(N)c(F)cc2F)n1. The van der Waals surface area contributed by atoms with Crippen LogP contribution in [-0.2, 0) is 11.3 Å². The summed E-state index contributed by atoms with van der Waals surface area (Å²) >= 11 is 0. The molecule has 0 atom stereocenters. The highest BCUT2D eigenvalue weighted by atomic mass is 19.1. The Kier molecular flexibility index (Phi) is 3.52.